The Morgan fingerprint density at radius 2 is 1.08 bits per heavy atom. The summed E-state index contributed by atoms with van der Waals surface area (Å²) in [6.45, 7) is 5.72. The first-order chi connectivity index (χ1) is 63.3. The van der Waals surface area contributed by atoms with Gasteiger partial charge in [0.1, 0.15) is 72.5 Å². The van der Waals surface area contributed by atoms with Crippen LogP contribution in [0.4, 0.5) is 0 Å². The molecule has 0 saturated carbocycles. The predicted molar refractivity (Wildman–Crippen MR) is 494 cm³/mol. The van der Waals surface area contributed by atoms with Crippen molar-refractivity contribution >= 4 is 140 Å². The van der Waals surface area contributed by atoms with E-state index in [0.29, 0.717) is 64.2 Å². The molecule has 42 nitrogen and oxygen atoms in total. The first-order valence-corrected chi connectivity index (χ1v) is 46.2. The number of H-pyrrole nitrogens is 2. The Kier molecular flexibility index (Phi) is 40.4. The van der Waals surface area contributed by atoms with E-state index in [1.54, 1.807) is 99.0 Å². The second kappa shape index (κ2) is 50.9. The predicted octanol–water partition coefficient (Wildman–Crippen LogP) is -3.09. The van der Waals surface area contributed by atoms with Crippen LogP contribution in [0.25, 0.3) is 21.8 Å². The molecular weight excluding hydrogens is 1740 g/mol. The van der Waals surface area contributed by atoms with Gasteiger partial charge in [0.15, 0.2) is 11.7 Å². The summed E-state index contributed by atoms with van der Waals surface area (Å²) in [5, 5.41) is 58.1. The Bertz CT molecular complexity index is 4970. The first-order valence-electron chi connectivity index (χ1n) is 45.0. The smallest absolute Gasteiger partial charge is 0.246 e. The molecule has 43 heteroatoms. The fourth-order valence-corrected chi connectivity index (χ4v) is 17.6. The molecule has 3 aromatic carbocycles. The Morgan fingerprint density at radius 3 is 1.67 bits per heavy atom. The third-order valence-corrected chi connectivity index (χ3v) is 25.3. The van der Waals surface area contributed by atoms with E-state index in [4.69, 9.17) is 34.1 Å². The number of rotatable bonds is 26. The quantitative estimate of drug-likeness (QED) is 0.0148. The number of para-hydroxylation sites is 2. The highest BCUT2D eigenvalue weighted by Gasteiger charge is 2.47. The molecule has 0 aliphatic carbocycles. The van der Waals surface area contributed by atoms with E-state index in [-0.39, 0.29) is 102 Å². The van der Waals surface area contributed by atoms with Crippen molar-refractivity contribution in [1.29, 1.82) is 5.41 Å². The lowest BCUT2D eigenvalue weighted by molar-refractivity contribution is -0.149. The average Bonchev–Trinajstić information content (AvgIpc) is 1.78. The van der Waals surface area contributed by atoms with Crippen molar-refractivity contribution in [1.82, 2.24) is 87.6 Å². The first kappa shape index (κ1) is 106. The monoisotopic (exact) mass is 1870 g/mol. The summed E-state index contributed by atoms with van der Waals surface area (Å²) >= 11 is 0.843. The lowest BCUT2D eigenvalue weighted by Gasteiger charge is -2.36. The molecule has 3 fully saturated rings. The number of carbonyl (C=O) groups is 17. The maximum absolute atomic E-state index is 15.7. The van der Waals surface area contributed by atoms with E-state index < -0.39 is 242 Å². The maximum Gasteiger partial charge on any atom is 0.246 e. The van der Waals surface area contributed by atoms with Crippen LogP contribution in [0, 0.1) is 17.2 Å². The van der Waals surface area contributed by atoms with Crippen molar-refractivity contribution in [3.05, 3.63) is 107 Å². The van der Waals surface area contributed by atoms with Crippen molar-refractivity contribution in [3.63, 3.8) is 0 Å². The van der Waals surface area contributed by atoms with Crippen LogP contribution in [0.5, 0.6) is 0 Å². The molecular formula is C90H131N23O19S. The van der Waals surface area contributed by atoms with Crippen LogP contribution >= 0.6 is 11.8 Å². The highest BCUT2D eigenvalue weighted by Crippen LogP contribution is 2.28. The van der Waals surface area contributed by atoms with Crippen LogP contribution < -0.4 is 81.8 Å². The fourth-order valence-electron chi connectivity index (χ4n) is 16.6. The molecule has 5 aromatic rings. The van der Waals surface area contributed by atoms with Crippen molar-refractivity contribution in [2.45, 2.75) is 235 Å². The van der Waals surface area contributed by atoms with Gasteiger partial charge in [0.25, 0.3) is 0 Å². The number of aromatic amines is 2. The van der Waals surface area contributed by atoms with Gasteiger partial charge in [-0.15, -0.1) is 0 Å². The number of hydrogen-bond acceptors (Lipinski definition) is 23. The highest BCUT2D eigenvalue weighted by molar-refractivity contribution is 7.99. The number of likely N-dealkylation sites (N-methyl/N-ethyl adjacent to an activating group) is 3. The number of nitrogens with two attached hydrogens (primary N) is 5. The van der Waals surface area contributed by atoms with Gasteiger partial charge in [0, 0.05) is 126 Å². The second-order valence-corrected chi connectivity index (χ2v) is 35.6. The molecule has 0 bridgehead atoms. The lowest BCUT2D eigenvalue weighted by atomic mass is 9.95. The van der Waals surface area contributed by atoms with Gasteiger partial charge in [-0.25, -0.2) is 0 Å². The molecule has 3 aliphatic heterocycles. The largest absolute Gasteiger partial charge is 0.394 e. The highest BCUT2D eigenvalue weighted by atomic mass is 32.2. The van der Waals surface area contributed by atoms with Gasteiger partial charge in [-0.3, -0.25) is 86.9 Å². The Labute approximate surface area is 775 Å². The van der Waals surface area contributed by atoms with Gasteiger partial charge in [0.2, 0.25) is 94.5 Å². The molecule has 16 amide bonds. The zero-order valence-corrected chi connectivity index (χ0v) is 77.4. The number of nitrogens with zero attached hydrogens (tertiary/aromatic N) is 5. The number of benzene rings is 3. The van der Waals surface area contributed by atoms with Gasteiger partial charge in [-0.05, 0) is 92.2 Å². The third kappa shape index (κ3) is 29.7. The number of amides is 16. The molecule has 726 valence electrons. The maximum atomic E-state index is 15.7. The summed E-state index contributed by atoms with van der Waals surface area (Å²) in [4.78, 5) is 261. The number of hydrogen-bond donors (Lipinski definition) is 20. The zero-order chi connectivity index (χ0) is 97.6. The van der Waals surface area contributed by atoms with Crippen LogP contribution in [-0.4, -0.2) is 308 Å². The topological polar surface area (TPSA) is 653 Å². The molecule has 3 saturated heterocycles. The second-order valence-electron chi connectivity index (χ2n) is 34.6. The summed E-state index contributed by atoms with van der Waals surface area (Å²) < 4.78 is 0. The summed E-state index contributed by atoms with van der Waals surface area (Å²) in [7, 11) is 3.96. The summed E-state index contributed by atoms with van der Waals surface area (Å²) in [5.41, 5.74) is 32.4. The number of guanidine groups is 1. The van der Waals surface area contributed by atoms with Crippen LogP contribution in [0.15, 0.2) is 85.2 Å². The third-order valence-electron chi connectivity index (χ3n) is 24.2. The number of fused-ring (bicyclic) bond motifs is 4. The Morgan fingerprint density at radius 1 is 0.549 bits per heavy atom. The molecule has 0 spiro atoms. The molecule has 2 aromatic heterocycles. The molecule has 133 heavy (non-hydrogen) atoms. The van der Waals surface area contributed by atoms with Gasteiger partial charge in [-0.1, -0.05) is 114 Å². The van der Waals surface area contributed by atoms with Crippen molar-refractivity contribution in [3.8, 4) is 0 Å². The minimum atomic E-state index is -1.88. The molecule has 5 heterocycles. The number of unbranched alkanes of at least 4 members (excludes halogenated alkanes) is 2. The zero-order valence-electron chi connectivity index (χ0n) is 76.6. The van der Waals surface area contributed by atoms with Gasteiger partial charge in [0.05, 0.1) is 43.4 Å². The van der Waals surface area contributed by atoms with Gasteiger partial charge < -0.3 is 127 Å². The number of aliphatic hydroxyl groups is 2. The average molecular weight is 1870 g/mol. The van der Waals surface area contributed by atoms with E-state index in [0.717, 1.165) is 36.9 Å². The van der Waals surface area contributed by atoms with Crippen molar-refractivity contribution in [2.24, 2.45) is 40.5 Å². The number of primary amides is 2. The molecule has 0 unspecified atom stereocenters. The number of aromatic nitrogens is 2. The van der Waals surface area contributed by atoms with Gasteiger partial charge >= 0.3 is 0 Å². The van der Waals surface area contributed by atoms with Crippen LogP contribution in [0.2, 0.25) is 0 Å². The molecule has 15 atom stereocenters. The summed E-state index contributed by atoms with van der Waals surface area (Å²) in [6, 6.07) is 0.889. The van der Waals surface area contributed by atoms with Crippen molar-refractivity contribution in [2.75, 3.05) is 72.0 Å². The molecule has 25 N–H and O–H groups in total. The van der Waals surface area contributed by atoms with Crippen molar-refractivity contribution < 1.29 is 91.7 Å². The summed E-state index contributed by atoms with van der Waals surface area (Å²) in [6.07, 6.45) is 1.01. The number of aliphatic hydroxyl groups excluding tert-OH is 2. The number of Topliss-reactive ketones (excluding diaryl/α,β-unsaturated/α-hetero) is 1. The van der Waals surface area contributed by atoms with Crippen LogP contribution in [-0.2, 0) is 107 Å². The van der Waals surface area contributed by atoms with Crippen LogP contribution in [0.3, 0.4) is 0 Å². The van der Waals surface area contributed by atoms with E-state index in [1.807, 2.05) is 13.8 Å². The number of nitrogens with one attached hydrogen (secondary N) is 13. The number of carbonyl (C=O) groups excluding carboxylic acids is 17. The van der Waals surface area contributed by atoms with E-state index in [1.165, 1.54) is 33.0 Å². The number of thioether (sulfide) groups is 1. The SMILES string of the molecule is CCCC[C@H]1C(=O)N(C)[C@@H](CCCC)C(=O)N[C@@H](CCCNC(=N)N)C(=O)C[C@H](C(=O)NCC(N)=O)CSCC(=O)N[C@@H](Cc2ccc(CN)cc2)C(=O)N(C)[C@@H](C)C(=O)N[C@@H](CC(N)=O)C(=O)N2CCC[C@H]2C(=O)N[C@@H](CN)C(=O)N[C@@H](CC(C)C)C(=O)N2C[C@H](O)C[C@H]2C(=O)N[C@@H](Cc2c[nH]c3ccccc23)C(=O)N[C@@H](CO)C(=O)N[C@@H](Cc2c[nH]c3ccccc23)C(=O)N1C. The Balaban J connectivity index is 1.19. The van der Waals surface area contributed by atoms with E-state index >= 15 is 38.4 Å². The van der Waals surface area contributed by atoms with Gasteiger partial charge in [-0.2, -0.15) is 11.8 Å². The standard InChI is InChI=1S/C90H131N23O19S/c1-9-11-24-69-82(125)102-61(23-17-31-97-90(95)96)73(116)37-55(78(121)100-44-75(94)118)47-133-48-76(119)101-64(34-51-27-29-52(40-91)30-28-51)85(128)109(6)50(5)77(120)104-66(39-74(93)117)87(130)112-32-18-26-70(112)83(126)107-67(41-92)80(123)105-63(33-49(3)4)88(131)113-45-56(115)38-72(113)84(127)103-62(35-53-42-98-59-21-15-13-19-57(53)59)79(122)108-68(46-114)81(124)106-65(36-54-43-99-60-22-16-14-20-58(54)60)86(129)111(8)71(25-12-10-2)89(132)110(69)7/h13-16,19-22,27-30,42-43,49-50,55-56,61-72,98-99,114-115H,9-12,17-18,23-26,31-41,44-48,91-92H2,1-8H3,(H2,93,117)(H2,94,118)(H,100,121)(H,101,119)(H,102,125)(H,103,127)(H,104,120)(H,105,123)(H,106,124)(H,107,126)(H,108,122)(H4,95,96,97)/t50-,55-,56+,61-,62-,63-,64-,65-,66-,67-,68-,69-,70-,71-,72-/m0/s1. The lowest BCUT2D eigenvalue weighted by Crippen LogP contribution is -2.62. The molecule has 8 rings (SSSR count). The number of ketones is 1. The normalized spacial score (nSPS) is 25.0. The minimum Gasteiger partial charge on any atom is -0.394 e. The van der Waals surface area contributed by atoms with E-state index in [2.05, 4.69) is 63.1 Å². The summed E-state index contributed by atoms with van der Waals surface area (Å²) in [5.74, 6) is -18.4. The van der Waals surface area contributed by atoms with Crippen LogP contribution in [0.1, 0.15) is 147 Å². The molecule has 3 aliphatic rings. The fraction of sp³-hybridized carbons (Fsp3) is 0.556. The minimum absolute atomic E-state index is 0.00250. The Hall–Kier alpha value is -12.6. The molecule has 0 radical (unpaired) electrons. The van der Waals surface area contributed by atoms with E-state index in [9.17, 15) is 53.4 Å².